The zero-order valence-corrected chi connectivity index (χ0v) is 13.2. The molecular formula is C19H25NO. The second-order valence-corrected chi connectivity index (χ2v) is 5.54. The third kappa shape index (κ3) is 3.85. The smallest absolute Gasteiger partial charge is 0.130 e. The molecule has 0 saturated carbocycles. The molecule has 2 atom stereocenters. The Morgan fingerprint density at radius 1 is 1.00 bits per heavy atom. The lowest BCUT2D eigenvalue weighted by atomic mass is 9.98. The van der Waals surface area contributed by atoms with Gasteiger partial charge in [0.25, 0.3) is 0 Å². The van der Waals surface area contributed by atoms with Gasteiger partial charge in [-0.2, -0.15) is 0 Å². The topological polar surface area (TPSA) is 35.2 Å². The zero-order valence-electron chi connectivity index (χ0n) is 13.2. The maximum atomic E-state index is 6.11. The highest BCUT2D eigenvalue weighted by molar-refractivity contribution is 5.41. The summed E-state index contributed by atoms with van der Waals surface area (Å²) < 4.78 is 6.11. The maximum absolute atomic E-state index is 6.11. The first-order chi connectivity index (χ1) is 10.2. The molecule has 0 aromatic heterocycles. The first-order valence-electron chi connectivity index (χ1n) is 7.78. The largest absolute Gasteiger partial charge is 0.457 e. The summed E-state index contributed by atoms with van der Waals surface area (Å²) in [6.07, 6.45) is 2.02. The van der Waals surface area contributed by atoms with Crippen LogP contribution in [0.15, 0.2) is 48.5 Å². The first-order valence-corrected chi connectivity index (χ1v) is 7.78. The molecule has 0 bridgehead atoms. The third-order valence-electron chi connectivity index (χ3n) is 4.02. The van der Waals surface area contributed by atoms with Crippen molar-refractivity contribution in [3.8, 4) is 11.5 Å². The molecule has 2 heteroatoms. The summed E-state index contributed by atoms with van der Waals surface area (Å²) in [4.78, 5) is 0. The number of hydrogen-bond acceptors (Lipinski definition) is 2. The molecule has 0 saturated heterocycles. The van der Waals surface area contributed by atoms with Gasteiger partial charge in [-0.15, -0.1) is 0 Å². The Labute approximate surface area is 127 Å². The van der Waals surface area contributed by atoms with E-state index in [1.54, 1.807) is 0 Å². The van der Waals surface area contributed by atoms with Gasteiger partial charge in [-0.1, -0.05) is 51.1 Å². The Morgan fingerprint density at radius 2 is 1.76 bits per heavy atom. The minimum Gasteiger partial charge on any atom is -0.457 e. The van der Waals surface area contributed by atoms with E-state index in [0.717, 1.165) is 29.9 Å². The molecule has 2 N–H and O–H groups in total. The van der Waals surface area contributed by atoms with E-state index < -0.39 is 0 Å². The average Bonchev–Trinajstić information content (AvgIpc) is 2.54. The third-order valence-corrected chi connectivity index (χ3v) is 4.02. The van der Waals surface area contributed by atoms with Crippen molar-refractivity contribution in [2.75, 3.05) is 0 Å². The van der Waals surface area contributed by atoms with Gasteiger partial charge in [0.2, 0.25) is 0 Å². The molecule has 0 aliphatic rings. The van der Waals surface area contributed by atoms with Gasteiger partial charge in [-0.3, -0.25) is 0 Å². The number of nitrogens with two attached hydrogens (primary N) is 1. The van der Waals surface area contributed by atoms with Crippen LogP contribution < -0.4 is 10.5 Å². The molecule has 2 rings (SSSR count). The lowest BCUT2D eigenvalue weighted by molar-refractivity contribution is 0.469. The second-order valence-electron chi connectivity index (χ2n) is 5.54. The van der Waals surface area contributed by atoms with E-state index in [1.165, 1.54) is 5.56 Å². The highest BCUT2D eigenvalue weighted by Gasteiger charge is 2.11. The van der Waals surface area contributed by atoms with Crippen LogP contribution in [-0.2, 0) is 0 Å². The van der Waals surface area contributed by atoms with Gasteiger partial charge in [-0.05, 0) is 48.1 Å². The van der Waals surface area contributed by atoms with Crippen molar-refractivity contribution in [3.05, 3.63) is 59.7 Å². The lowest BCUT2D eigenvalue weighted by Crippen LogP contribution is -2.08. The van der Waals surface area contributed by atoms with Crippen LogP contribution in [0.25, 0.3) is 0 Å². The summed E-state index contributed by atoms with van der Waals surface area (Å²) in [5.41, 5.74) is 8.48. The maximum Gasteiger partial charge on any atom is 0.130 e. The predicted octanol–water partition coefficient (Wildman–Crippen LogP) is 5.40. The fourth-order valence-corrected chi connectivity index (χ4v) is 2.37. The molecule has 0 spiro atoms. The number of rotatable bonds is 6. The Hall–Kier alpha value is -1.80. The van der Waals surface area contributed by atoms with Crippen molar-refractivity contribution in [2.24, 2.45) is 5.73 Å². The Morgan fingerprint density at radius 3 is 2.48 bits per heavy atom. The number of benzene rings is 2. The van der Waals surface area contributed by atoms with Crippen LogP contribution in [0.5, 0.6) is 11.5 Å². The van der Waals surface area contributed by atoms with E-state index in [-0.39, 0.29) is 6.04 Å². The molecule has 0 aliphatic carbocycles. The summed E-state index contributed by atoms with van der Waals surface area (Å²) >= 11 is 0. The lowest BCUT2D eigenvalue weighted by Gasteiger charge is -2.16. The van der Waals surface area contributed by atoms with E-state index >= 15 is 0 Å². The first kappa shape index (κ1) is 15.6. The van der Waals surface area contributed by atoms with Gasteiger partial charge < -0.3 is 10.5 Å². The van der Waals surface area contributed by atoms with Gasteiger partial charge in [-0.25, -0.2) is 0 Å². The highest BCUT2D eigenvalue weighted by Crippen LogP contribution is 2.32. The monoisotopic (exact) mass is 283 g/mol. The average molecular weight is 283 g/mol. The Balaban J connectivity index is 2.26. The van der Waals surface area contributed by atoms with E-state index in [1.807, 2.05) is 30.3 Å². The summed E-state index contributed by atoms with van der Waals surface area (Å²) in [5.74, 6) is 2.28. The van der Waals surface area contributed by atoms with Crippen molar-refractivity contribution in [1.29, 1.82) is 0 Å². The normalized spacial score (nSPS) is 13.7. The molecule has 2 unspecified atom stereocenters. The molecule has 0 amide bonds. The molecule has 2 aromatic carbocycles. The van der Waals surface area contributed by atoms with Crippen molar-refractivity contribution in [2.45, 2.75) is 45.6 Å². The fourth-order valence-electron chi connectivity index (χ4n) is 2.37. The second kappa shape index (κ2) is 7.28. The van der Waals surface area contributed by atoms with Crippen molar-refractivity contribution >= 4 is 0 Å². The van der Waals surface area contributed by atoms with Crippen LogP contribution in [0.1, 0.15) is 56.7 Å². The quantitative estimate of drug-likeness (QED) is 0.770. The van der Waals surface area contributed by atoms with Crippen LogP contribution in [0.4, 0.5) is 0 Å². The Kier molecular flexibility index (Phi) is 5.40. The fraction of sp³-hybridized carbons (Fsp3) is 0.368. The van der Waals surface area contributed by atoms with E-state index in [9.17, 15) is 0 Å². The van der Waals surface area contributed by atoms with Crippen LogP contribution >= 0.6 is 0 Å². The SMILES string of the molecule is CCC(C)c1ccccc1Oc1cccc(C(N)CC)c1. The minimum absolute atomic E-state index is 0.0679. The van der Waals surface area contributed by atoms with Gasteiger partial charge in [0.15, 0.2) is 0 Å². The van der Waals surface area contributed by atoms with Gasteiger partial charge >= 0.3 is 0 Å². The van der Waals surface area contributed by atoms with Crippen molar-refractivity contribution < 1.29 is 4.74 Å². The van der Waals surface area contributed by atoms with E-state index in [2.05, 4.69) is 39.0 Å². The zero-order chi connectivity index (χ0) is 15.2. The van der Waals surface area contributed by atoms with Crippen molar-refractivity contribution in [3.63, 3.8) is 0 Å². The Bertz CT molecular complexity index is 579. The van der Waals surface area contributed by atoms with Gasteiger partial charge in [0, 0.05) is 6.04 Å². The number of ether oxygens (including phenoxy) is 1. The summed E-state index contributed by atoms with van der Waals surface area (Å²) in [6.45, 7) is 6.52. The summed E-state index contributed by atoms with van der Waals surface area (Å²) in [7, 11) is 0. The molecule has 2 nitrogen and oxygen atoms in total. The molecule has 0 radical (unpaired) electrons. The summed E-state index contributed by atoms with van der Waals surface area (Å²) in [5, 5.41) is 0. The molecule has 0 aliphatic heterocycles. The van der Waals surface area contributed by atoms with Crippen LogP contribution in [0.2, 0.25) is 0 Å². The molecular weight excluding hydrogens is 258 g/mol. The van der Waals surface area contributed by atoms with Gasteiger partial charge in [0.05, 0.1) is 0 Å². The molecule has 2 aromatic rings. The molecule has 112 valence electrons. The van der Waals surface area contributed by atoms with E-state index in [4.69, 9.17) is 10.5 Å². The number of para-hydroxylation sites is 1. The van der Waals surface area contributed by atoms with Crippen molar-refractivity contribution in [1.82, 2.24) is 0 Å². The summed E-state index contributed by atoms with van der Waals surface area (Å²) in [6, 6.07) is 16.4. The van der Waals surface area contributed by atoms with Crippen LogP contribution in [-0.4, -0.2) is 0 Å². The van der Waals surface area contributed by atoms with Crippen LogP contribution in [0, 0.1) is 0 Å². The molecule has 21 heavy (non-hydrogen) atoms. The van der Waals surface area contributed by atoms with Gasteiger partial charge in [0.1, 0.15) is 11.5 Å². The molecule has 0 fully saturated rings. The highest BCUT2D eigenvalue weighted by atomic mass is 16.5. The van der Waals surface area contributed by atoms with Crippen LogP contribution in [0.3, 0.4) is 0 Å². The van der Waals surface area contributed by atoms with E-state index in [0.29, 0.717) is 5.92 Å². The molecule has 0 heterocycles. The number of hydrogen-bond donors (Lipinski definition) is 1. The standard InChI is InChI=1S/C19H25NO/c1-4-14(3)17-11-6-7-12-19(17)21-16-10-8-9-15(13-16)18(20)5-2/h6-14,18H,4-5,20H2,1-3H3. The minimum atomic E-state index is 0.0679. The predicted molar refractivity (Wildman–Crippen MR) is 88.9 cm³/mol.